The second kappa shape index (κ2) is 5.50. The molecule has 3 atom stereocenters. The molecule has 2 rings (SSSR count). The molecule has 2 heteroatoms. The fourth-order valence-corrected chi connectivity index (χ4v) is 3.47. The van der Waals surface area contributed by atoms with Gasteiger partial charge in [-0.05, 0) is 57.0 Å². The standard InChI is InChI=1S/C14H27NO/c1-3-12-4-5-13(16)10-14(12)15-8-6-11(2)7-9-15/h11-14,16H,3-10H2,1-2H3. The Kier molecular flexibility index (Phi) is 4.26. The van der Waals surface area contributed by atoms with Crippen LogP contribution >= 0.6 is 0 Å². The summed E-state index contributed by atoms with van der Waals surface area (Å²) in [7, 11) is 0. The maximum absolute atomic E-state index is 9.85. The molecule has 1 saturated heterocycles. The Balaban J connectivity index is 1.94. The van der Waals surface area contributed by atoms with E-state index in [1.54, 1.807) is 0 Å². The number of hydrogen-bond donors (Lipinski definition) is 1. The Hall–Kier alpha value is -0.0800. The lowest BCUT2D eigenvalue weighted by molar-refractivity contribution is 0.0118. The van der Waals surface area contributed by atoms with Crippen molar-refractivity contribution in [2.24, 2.45) is 11.8 Å². The minimum atomic E-state index is -0.0350. The Morgan fingerprint density at radius 2 is 1.81 bits per heavy atom. The van der Waals surface area contributed by atoms with Gasteiger partial charge >= 0.3 is 0 Å². The predicted octanol–water partition coefficient (Wildman–Crippen LogP) is 2.66. The van der Waals surface area contributed by atoms with Crippen LogP contribution in [0.1, 0.15) is 52.4 Å². The maximum Gasteiger partial charge on any atom is 0.0555 e. The van der Waals surface area contributed by atoms with Crippen molar-refractivity contribution in [2.75, 3.05) is 13.1 Å². The summed E-state index contributed by atoms with van der Waals surface area (Å²) in [5.74, 6) is 1.74. The van der Waals surface area contributed by atoms with Gasteiger partial charge in [0.2, 0.25) is 0 Å². The minimum absolute atomic E-state index is 0.0350. The van der Waals surface area contributed by atoms with E-state index < -0.39 is 0 Å². The molecule has 2 nitrogen and oxygen atoms in total. The highest BCUT2D eigenvalue weighted by Gasteiger charge is 2.33. The molecule has 2 aliphatic rings. The lowest BCUT2D eigenvalue weighted by Crippen LogP contribution is -2.48. The van der Waals surface area contributed by atoms with Gasteiger partial charge in [-0.15, -0.1) is 0 Å². The minimum Gasteiger partial charge on any atom is -0.393 e. The molecule has 1 saturated carbocycles. The van der Waals surface area contributed by atoms with E-state index in [2.05, 4.69) is 18.7 Å². The number of aliphatic hydroxyl groups is 1. The van der Waals surface area contributed by atoms with Gasteiger partial charge in [0, 0.05) is 6.04 Å². The molecule has 0 aromatic carbocycles. The molecule has 94 valence electrons. The van der Waals surface area contributed by atoms with Gasteiger partial charge in [0.1, 0.15) is 0 Å². The van der Waals surface area contributed by atoms with Crippen molar-refractivity contribution < 1.29 is 5.11 Å². The van der Waals surface area contributed by atoms with Gasteiger partial charge in [0.05, 0.1) is 6.10 Å². The Labute approximate surface area is 100 Å². The topological polar surface area (TPSA) is 23.5 Å². The van der Waals surface area contributed by atoms with Crippen LogP contribution in [-0.4, -0.2) is 35.2 Å². The molecular formula is C14H27NO. The highest BCUT2D eigenvalue weighted by atomic mass is 16.3. The first-order valence-electron chi connectivity index (χ1n) is 7.12. The molecule has 0 radical (unpaired) electrons. The number of hydrogen-bond acceptors (Lipinski definition) is 2. The van der Waals surface area contributed by atoms with E-state index in [0.717, 1.165) is 24.7 Å². The van der Waals surface area contributed by atoms with Gasteiger partial charge in [-0.2, -0.15) is 0 Å². The summed E-state index contributed by atoms with van der Waals surface area (Å²) in [6, 6.07) is 0.668. The largest absolute Gasteiger partial charge is 0.393 e. The molecule has 1 heterocycles. The van der Waals surface area contributed by atoms with E-state index in [4.69, 9.17) is 0 Å². The summed E-state index contributed by atoms with van der Waals surface area (Å²) in [6.45, 7) is 7.19. The van der Waals surface area contributed by atoms with E-state index >= 15 is 0 Å². The van der Waals surface area contributed by atoms with Gasteiger partial charge in [0.25, 0.3) is 0 Å². The van der Waals surface area contributed by atoms with Crippen LogP contribution in [0.2, 0.25) is 0 Å². The van der Waals surface area contributed by atoms with Crippen molar-refractivity contribution >= 4 is 0 Å². The predicted molar refractivity (Wildman–Crippen MR) is 67.4 cm³/mol. The molecule has 0 bridgehead atoms. The van der Waals surface area contributed by atoms with Crippen LogP contribution in [0.15, 0.2) is 0 Å². The van der Waals surface area contributed by atoms with Crippen LogP contribution in [0.5, 0.6) is 0 Å². The lowest BCUT2D eigenvalue weighted by atomic mass is 9.79. The first kappa shape index (κ1) is 12.4. The molecule has 16 heavy (non-hydrogen) atoms. The third-order valence-corrected chi connectivity index (χ3v) is 4.74. The molecule has 1 aliphatic carbocycles. The number of aliphatic hydroxyl groups excluding tert-OH is 1. The van der Waals surface area contributed by atoms with E-state index in [9.17, 15) is 5.11 Å². The Bertz CT molecular complexity index is 211. The van der Waals surface area contributed by atoms with E-state index in [0.29, 0.717) is 6.04 Å². The van der Waals surface area contributed by atoms with Crippen molar-refractivity contribution in [3.05, 3.63) is 0 Å². The zero-order chi connectivity index (χ0) is 11.5. The summed E-state index contributed by atoms with van der Waals surface area (Å²) in [4.78, 5) is 2.66. The monoisotopic (exact) mass is 225 g/mol. The molecule has 0 spiro atoms. The van der Waals surface area contributed by atoms with Crippen molar-refractivity contribution in [3.8, 4) is 0 Å². The second-order valence-corrected chi connectivity index (χ2v) is 5.92. The SMILES string of the molecule is CCC1CCC(O)CC1N1CCC(C)CC1. The number of likely N-dealkylation sites (tertiary alicyclic amines) is 1. The highest BCUT2D eigenvalue weighted by Crippen LogP contribution is 2.33. The van der Waals surface area contributed by atoms with Crippen LogP contribution in [0.3, 0.4) is 0 Å². The van der Waals surface area contributed by atoms with Crippen molar-refractivity contribution in [2.45, 2.75) is 64.5 Å². The average Bonchev–Trinajstić information content (AvgIpc) is 2.30. The quantitative estimate of drug-likeness (QED) is 0.781. The number of rotatable bonds is 2. The van der Waals surface area contributed by atoms with Crippen LogP contribution in [0.25, 0.3) is 0 Å². The van der Waals surface area contributed by atoms with E-state index in [-0.39, 0.29) is 6.10 Å². The third-order valence-electron chi connectivity index (χ3n) is 4.74. The molecule has 0 aromatic rings. The van der Waals surface area contributed by atoms with E-state index in [1.165, 1.54) is 38.8 Å². The highest BCUT2D eigenvalue weighted by molar-refractivity contribution is 4.88. The van der Waals surface area contributed by atoms with Crippen LogP contribution in [0.4, 0.5) is 0 Å². The molecule has 3 unspecified atom stereocenters. The number of piperidine rings is 1. The first-order chi connectivity index (χ1) is 7.70. The summed E-state index contributed by atoms with van der Waals surface area (Å²) < 4.78 is 0. The van der Waals surface area contributed by atoms with Gasteiger partial charge in [0.15, 0.2) is 0 Å². The molecule has 2 fully saturated rings. The first-order valence-corrected chi connectivity index (χ1v) is 7.12. The van der Waals surface area contributed by atoms with Crippen molar-refractivity contribution in [1.29, 1.82) is 0 Å². The third kappa shape index (κ3) is 2.78. The summed E-state index contributed by atoms with van der Waals surface area (Å²) in [6.07, 6.45) is 7.22. The van der Waals surface area contributed by atoms with Gasteiger partial charge in [-0.1, -0.05) is 20.3 Å². The summed E-state index contributed by atoms with van der Waals surface area (Å²) in [5.41, 5.74) is 0. The second-order valence-electron chi connectivity index (χ2n) is 5.92. The summed E-state index contributed by atoms with van der Waals surface area (Å²) in [5, 5.41) is 9.85. The molecule has 1 N–H and O–H groups in total. The van der Waals surface area contributed by atoms with Gasteiger partial charge in [-0.3, -0.25) is 4.90 Å². The average molecular weight is 225 g/mol. The van der Waals surface area contributed by atoms with Gasteiger partial charge in [-0.25, -0.2) is 0 Å². The normalized spacial score (nSPS) is 38.8. The van der Waals surface area contributed by atoms with Crippen LogP contribution in [0, 0.1) is 11.8 Å². The van der Waals surface area contributed by atoms with Crippen molar-refractivity contribution in [3.63, 3.8) is 0 Å². The fourth-order valence-electron chi connectivity index (χ4n) is 3.47. The smallest absolute Gasteiger partial charge is 0.0555 e. The van der Waals surface area contributed by atoms with E-state index in [1.807, 2.05) is 0 Å². The van der Waals surface area contributed by atoms with Crippen LogP contribution < -0.4 is 0 Å². The molecule has 1 aliphatic heterocycles. The maximum atomic E-state index is 9.85. The Morgan fingerprint density at radius 1 is 1.12 bits per heavy atom. The van der Waals surface area contributed by atoms with Crippen molar-refractivity contribution in [1.82, 2.24) is 4.90 Å². The fraction of sp³-hybridized carbons (Fsp3) is 1.00. The zero-order valence-electron chi connectivity index (χ0n) is 10.9. The number of nitrogens with zero attached hydrogens (tertiary/aromatic N) is 1. The molecule has 0 amide bonds. The zero-order valence-corrected chi connectivity index (χ0v) is 10.9. The Morgan fingerprint density at radius 3 is 2.44 bits per heavy atom. The summed E-state index contributed by atoms with van der Waals surface area (Å²) >= 11 is 0. The van der Waals surface area contributed by atoms with Crippen LogP contribution in [-0.2, 0) is 0 Å². The molecular weight excluding hydrogens is 198 g/mol. The van der Waals surface area contributed by atoms with Gasteiger partial charge < -0.3 is 5.11 Å². The molecule has 0 aromatic heterocycles. The lowest BCUT2D eigenvalue weighted by Gasteiger charge is -2.44.